The summed E-state index contributed by atoms with van der Waals surface area (Å²) in [6, 6.07) is 13.2. The number of para-hydroxylation sites is 1. The molecule has 0 aromatic heterocycles. The second-order valence-corrected chi connectivity index (χ2v) is 6.01. The van der Waals surface area contributed by atoms with E-state index in [2.05, 4.69) is 10.6 Å². The highest BCUT2D eigenvalue weighted by atomic mass is 32.1. The van der Waals surface area contributed by atoms with Crippen molar-refractivity contribution in [2.75, 3.05) is 18.5 Å². The fourth-order valence-corrected chi connectivity index (χ4v) is 2.62. The van der Waals surface area contributed by atoms with Gasteiger partial charge in [-0.3, -0.25) is 0 Å². The van der Waals surface area contributed by atoms with Crippen molar-refractivity contribution in [3.05, 3.63) is 59.2 Å². The molecule has 0 amide bonds. The molecule has 0 bridgehead atoms. The molecule has 0 radical (unpaired) electrons. The first-order valence-electron chi connectivity index (χ1n) is 8.58. The van der Waals surface area contributed by atoms with E-state index in [1.807, 2.05) is 44.2 Å². The predicted molar refractivity (Wildman–Crippen MR) is 108 cm³/mol. The molecule has 0 atom stereocenters. The third kappa shape index (κ3) is 5.46. The zero-order valence-electron chi connectivity index (χ0n) is 15.3. The summed E-state index contributed by atoms with van der Waals surface area (Å²) < 4.78 is 10.6. The number of carbonyl (C=O) groups is 1. The molecule has 0 saturated heterocycles. The van der Waals surface area contributed by atoms with Crippen LogP contribution in [0.25, 0.3) is 0 Å². The van der Waals surface area contributed by atoms with Crippen LogP contribution in [0, 0.1) is 6.92 Å². The fourth-order valence-electron chi connectivity index (χ4n) is 2.43. The number of nitrogens with one attached hydrogen (secondary N) is 2. The van der Waals surface area contributed by atoms with Crippen molar-refractivity contribution in [2.24, 2.45) is 0 Å². The molecule has 26 heavy (non-hydrogen) atoms. The summed E-state index contributed by atoms with van der Waals surface area (Å²) in [5.74, 6) is 0.524. The molecule has 0 saturated carbocycles. The average Bonchev–Trinajstić information content (AvgIpc) is 2.63. The molecule has 0 aliphatic carbocycles. The van der Waals surface area contributed by atoms with Gasteiger partial charge in [0.05, 0.1) is 18.8 Å². The minimum Gasteiger partial charge on any atom is -0.494 e. The van der Waals surface area contributed by atoms with Crippen LogP contribution < -0.4 is 15.4 Å². The van der Waals surface area contributed by atoms with Crippen molar-refractivity contribution in [1.82, 2.24) is 5.32 Å². The highest BCUT2D eigenvalue weighted by Gasteiger charge is 2.09. The molecular weight excluding hydrogens is 348 g/mol. The molecule has 0 aliphatic heterocycles. The Hall–Kier alpha value is -2.60. The smallest absolute Gasteiger partial charge is 0.338 e. The van der Waals surface area contributed by atoms with Gasteiger partial charge in [-0.25, -0.2) is 4.79 Å². The molecule has 0 aliphatic rings. The van der Waals surface area contributed by atoms with Gasteiger partial charge in [0.25, 0.3) is 0 Å². The Morgan fingerprint density at radius 3 is 2.58 bits per heavy atom. The van der Waals surface area contributed by atoms with Gasteiger partial charge in [-0.15, -0.1) is 0 Å². The van der Waals surface area contributed by atoms with Crippen LogP contribution in [0.5, 0.6) is 5.75 Å². The second-order valence-electron chi connectivity index (χ2n) is 5.60. The van der Waals surface area contributed by atoms with E-state index in [0.717, 1.165) is 22.6 Å². The maximum atomic E-state index is 11.8. The van der Waals surface area contributed by atoms with E-state index in [0.29, 0.717) is 30.4 Å². The minimum absolute atomic E-state index is 0.324. The lowest BCUT2D eigenvalue weighted by Crippen LogP contribution is -2.28. The Balaban J connectivity index is 1.97. The van der Waals surface area contributed by atoms with Gasteiger partial charge in [-0.1, -0.05) is 18.2 Å². The lowest BCUT2D eigenvalue weighted by atomic mass is 10.1. The van der Waals surface area contributed by atoms with Gasteiger partial charge in [0.1, 0.15) is 5.75 Å². The van der Waals surface area contributed by atoms with E-state index < -0.39 is 0 Å². The molecule has 6 heteroatoms. The van der Waals surface area contributed by atoms with Gasteiger partial charge >= 0.3 is 5.97 Å². The molecule has 2 N–H and O–H groups in total. The van der Waals surface area contributed by atoms with E-state index in [4.69, 9.17) is 21.7 Å². The van der Waals surface area contributed by atoms with Crippen LogP contribution in [0.4, 0.5) is 5.69 Å². The number of hydrogen-bond acceptors (Lipinski definition) is 4. The van der Waals surface area contributed by atoms with E-state index in [-0.39, 0.29) is 5.97 Å². The largest absolute Gasteiger partial charge is 0.494 e. The first-order valence-corrected chi connectivity index (χ1v) is 8.99. The standard InChI is InChI=1S/C20H24N2O3S/c1-4-24-18-9-7-6-8-16(18)13-21-20(26)22-17-11-10-15(12-14(17)3)19(23)25-5-2/h6-12H,4-5,13H2,1-3H3,(H2,21,22,26). The zero-order chi connectivity index (χ0) is 18.9. The molecule has 5 nitrogen and oxygen atoms in total. The van der Waals surface area contributed by atoms with Gasteiger partial charge in [0.2, 0.25) is 0 Å². The van der Waals surface area contributed by atoms with Crippen LogP contribution >= 0.6 is 12.2 Å². The number of rotatable bonds is 7. The minimum atomic E-state index is -0.324. The number of thiocarbonyl (C=S) groups is 1. The van der Waals surface area contributed by atoms with Crippen molar-refractivity contribution in [1.29, 1.82) is 0 Å². The molecule has 2 rings (SSSR count). The SMILES string of the molecule is CCOC(=O)c1ccc(NC(=S)NCc2ccccc2OCC)c(C)c1. The summed E-state index contributed by atoms with van der Waals surface area (Å²) in [5, 5.41) is 6.84. The summed E-state index contributed by atoms with van der Waals surface area (Å²) in [7, 11) is 0. The van der Waals surface area contributed by atoms with Crippen molar-refractivity contribution in [2.45, 2.75) is 27.3 Å². The topological polar surface area (TPSA) is 59.6 Å². The quantitative estimate of drug-likeness (QED) is 0.565. The third-order valence-electron chi connectivity index (χ3n) is 3.70. The predicted octanol–water partition coefficient (Wildman–Crippen LogP) is 4.06. The van der Waals surface area contributed by atoms with Gasteiger partial charge in [-0.05, 0) is 62.8 Å². The number of anilines is 1. The molecule has 0 unspecified atom stereocenters. The lowest BCUT2D eigenvalue weighted by Gasteiger charge is -2.15. The van der Waals surface area contributed by atoms with Crippen LogP contribution in [0.3, 0.4) is 0 Å². The first kappa shape index (κ1) is 19.7. The molecule has 138 valence electrons. The van der Waals surface area contributed by atoms with Crippen LogP contribution in [-0.4, -0.2) is 24.3 Å². The van der Waals surface area contributed by atoms with Gasteiger partial charge < -0.3 is 20.1 Å². The fraction of sp³-hybridized carbons (Fsp3) is 0.300. The van der Waals surface area contributed by atoms with E-state index in [1.165, 1.54) is 0 Å². The maximum Gasteiger partial charge on any atom is 0.338 e. The highest BCUT2D eigenvalue weighted by Crippen LogP contribution is 2.19. The second kappa shape index (κ2) is 9.77. The van der Waals surface area contributed by atoms with Gasteiger partial charge in [0.15, 0.2) is 5.11 Å². The summed E-state index contributed by atoms with van der Waals surface area (Å²) >= 11 is 5.37. The van der Waals surface area contributed by atoms with Crippen molar-refractivity contribution in [3.8, 4) is 5.75 Å². The number of benzene rings is 2. The molecule has 0 fully saturated rings. The number of esters is 1. The van der Waals surface area contributed by atoms with E-state index >= 15 is 0 Å². The van der Waals surface area contributed by atoms with Gasteiger partial charge in [-0.2, -0.15) is 0 Å². The molecular formula is C20H24N2O3S. The van der Waals surface area contributed by atoms with Crippen molar-refractivity contribution >= 4 is 29.0 Å². The van der Waals surface area contributed by atoms with Crippen LogP contribution in [0.1, 0.15) is 35.3 Å². The van der Waals surface area contributed by atoms with Gasteiger partial charge in [0, 0.05) is 17.8 Å². The monoisotopic (exact) mass is 372 g/mol. The molecule has 2 aromatic carbocycles. The Labute approximate surface area is 159 Å². The van der Waals surface area contributed by atoms with E-state index in [9.17, 15) is 4.79 Å². The summed E-state index contributed by atoms with van der Waals surface area (Å²) in [5.41, 5.74) is 3.32. The summed E-state index contributed by atoms with van der Waals surface area (Å²) in [4.78, 5) is 11.8. The number of carbonyl (C=O) groups excluding carboxylic acids is 1. The lowest BCUT2D eigenvalue weighted by molar-refractivity contribution is 0.0526. The maximum absolute atomic E-state index is 11.8. The summed E-state index contributed by atoms with van der Waals surface area (Å²) in [6.45, 7) is 7.19. The normalized spacial score (nSPS) is 10.1. The van der Waals surface area contributed by atoms with Crippen LogP contribution in [0.15, 0.2) is 42.5 Å². The Kier molecular flexibility index (Phi) is 7.41. The number of ether oxygens (including phenoxy) is 2. The number of aryl methyl sites for hydroxylation is 1. The zero-order valence-corrected chi connectivity index (χ0v) is 16.1. The van der Waals surface area contributed by atoms with Crippen LogP contribution in [0.2, 0.25) is 0 Å². The Morgan fingerprint density at radius 1 is 1.12 bits per heavy atom. The Bertz CT molecular complexity index is 777. The van der Waals surface area contributed by atoms with Crippen molar-refractivity contribution in [3.63, 3.8) is 0 Å². The average molecular weight is 372 g/mol. The Morgan fingerprint density at radius 2 is 1.88 bits per heavy atom. The highest BCUT2D eigenvalue weighted by molar-refractivity contribution is 7.80. The van der Waals surface area contributed by atoms with Crippen LogP contribution in [-0.2, 0) is 11.3 Å². The first-order chi connectivity index (χ1) is 12.5. The molecule has 0 heterocycles. The summed E-state index contributed by atoms with van der Waals surface area (Å²) in [6.07, 6.45) is 0. The molecule has 0 spiro atoms. The van der Waals surface area contributed by atoms with E-state index in [1.54, 1.807) is 19.1 Å². The number of hydrogen-bond donors (Lipinski definition) is 2. The van der Waals surface area contributed by atoms with Crippen molar-refractivity contribution < 1.29 is 14.3 Å². The third-order valence-corrected chi connectivity index (χ3v) is 3.94. The molecule has 2 aromatic rings.